The summed E-state index contributed by atoms with van der Waals surface area (Å²) in [4.78, 5) is 32.9. The molecule has 0 atom stereocenters. The largest absolute Gasteiger partial charge is 0.300 e. The average Bonchev–Trinajstić information content (AvgIpc) is 3.48. The highest BCUT2D eigenvalue weighted by molar-refractivity contribution is 7.15. The summed E-state index contributed by atoms with van der Waals surface area (Å²) in [5.41, 5.74) is 1.52. The van der Waals surface area contributed by atoms with Gasteiger partial charge in [-0.2, -0.15) is 0 Å². The maximum atomic E-state index is 12.2. The van der Waals surface area contributed by atoms with E-state index in [4.69, 9.17) is 0 Å². The van der Waals surface area contributed by atoms with Gasteiger partial charge in [-0.3, -0.25) is 19.6 Å². The van der Waals surface area contributed by atoms with Gasteiger partial charge in [-0.1, -0.05) is 34.8 Å². The van der Waals surface area contributed by atoms with E-state index in [9.17, 15) is 9.59 Å². The van der Waals surface area contributed by atoms with Gasteiger partial charge in [-0.25, -0.2) is 0 Å². The van der Waals surface area contributed by atoms with E-state index in [-0.39, 0.29) is 24.7 Å². The molecule has 2 N–H and O–H groups in total. The minimum Gasteiger partial charge on any atom is -0.300 e. The van der Waals surface area contributed by atoms with E-state index in [2.05, 4.69) is 41.0 Å². The number of carbonyl (C=O) groups excluding carboxylic acids is 2. The second-order valence-electron chi connectivity index (χ2n) is 8.95. The van der Waals surface area contributed by atoms with Crippen LogP contribution in [0.1, 0.15) is 41.4 Å². The molecule has 0 bridgehead atoms. The number of nitrogens with zero attached hydrogens (tertiary/aromatic N) is 6. The van der Waals surface area contributed by atoms with Crippen molar-refractivity contribution in [1.82, 2.24) is 25.4 Å². The Balaban J connectivity index is 1.01. The van der Waals surface area contributed by atoms with Gasteiger partial charge < -0.3 is 10.6 Å². The van der Waals surface area contributed by atoms with Crippen LogP contribution >= 0.6 is 22.7 Å². The molecular formula is C24H26N8O2S2. The number of allylic oxidation sites excluding steroid dienone is 1. The first-order valence-electron chi connectivity index (χ1n) is 11.9. The maximum absolute atomic E-state index is 12.2. The fraction of sp³-hybridized carbons (Fsp3) is 0.417. The topological polar surface area (TPSA) is 135 Å². The third-order valence-corrected chi connectivity index (χ3v) is 7.74. The quantitative estimate of drug-likeness (QED) is 0.416. The van der Waals surface area contributed by atoms with Crippen LogP contribution in [0.3, 0.4) is 0 Å². The Morgan fingerprint density at radius 1 is 0.889 bits per heavy atom. The van der Waals surface area contributed by atoms with Gasteiger partial charge in [0.15, 0.2) is 0 Å². The Hall–Kier alpha value is -3.38. The SMILES string of the molecule is O=C(CC1=NCCC=C1)Nc1nnc(CC2CC(Cc3nnc(NC(=O)Cc4ccccn4)s3)C2)s1. The van der Waals surface area contributed by atoms with Crippen LogP contribution in [0.5, 0.6) is 0 Å². The van der Waals surface area contributed by atoms with Gasteiger partial charge in [0.05, 0.1) is 12.8 Å². The zero-order valence-electron chi connectivity index (χ0n) is 19.6. The molecule has 186 valence electrons. The number of nitrogens with one attached hydrogen (secondary N) is 2. The van der Waals surface area contributed by atoms with Crippen molar-refractivity contribution < 1.29 is 9.59 Å². The first-order chi connectivity index (χ1) is 17.6. The molecule has 4 heterocycles. The number of amides is 2. The summed E-state index contributed by atoms with van der Waals surface area (Å²) in [6, 6.07) is 5.50. The van der Waals surface area contributed by atoms with Crippen molar-refractivity contribution in [3.05, 3.63) is 52.3 Å². The van der Waals surface area contributed by atoms with Crippen LogP contribution in [0.2, 0.25) is 0 Å². The second kappa shape index (κ2) is 11.6. The maximum Gasteiger partial charge on any atom is 0.232 e. The van der Waals surface area contributed by atoms with Gasteiger partial charge in [0, 0.05) is 37.0 Å². The molecule has 0 radical (unpaired) electrons. The van der Waals surface area contributed by atoms with Gasteiger partial charge >= 0.3 is 0 Å². The lowest BCUT2D eigenvalue weighted by Gasteiger charge is -2.34. The Labute approximate surface area is 216 Å². The number of hydrogen-bond acceptors (Lipinski definition) is 10. The first-order valence-corrected chi connectivity index (χ1v) is 13.6. The molecule has 3 aromatic heterocycles. The molecule has 3 aromatic rings. The standard InChI is InChI=1S/C24H26N8O2S2/c33-19(13-17-5-1-3-7-25-17)27-23-31-29-21(35-23)11-15-9-16(10-15)12-22-30-32-24(36-22)28-20(34)14-18-6-2-4-8-26-18/h1-3,5-7,15-16H,4,8-14H2,(H,27,31,33)(H,28,32,34). The molecule has 0 aromatic carbocycles. The highest BCUT2D eigenvalue weighted by atomic mass is 32.1. The summed E-state index contributed by atoms with van der Waals surface area (Å²) in [5, 5.41) is 25.3. The van der Waals surface area contributed by atoms with Gasteiger partial charge in [0.2, 0.25) is 22.1 Å². The molecule has 1 aliphatic carbocycles. The van der Waals surface area contributed by atoms with E-state index in [1.54, 1.807) is 6.20 Å². The molecule has 0 saturated heterocycles. The average molecular weight is 523 g/mol. The van der Waals surface area contributed by atoms with Gasteiger partial charge in [-0.05, 0) is 49.3 Å². The third kappa shape index (κ3) is 6.85. The minimum atomic E-state index is -0.146. The summed E-state index contributed by atoms with van der Waals surface area (Å²) in [6.45, 7) is 0.744. The number of rotatable bonds is 10. The van der Waals surface area contributed by atoms with Gasteiger partial charge in [0.1, 0.15) is 10.0 Å². The molecule has 1 fully saturated rings. The molecule has 0 spiro atoms. The normalized spacial score (nSPS) is 18.8. The van der Waals surface area contributed by atoms with Gasteiger partial charge in [-0.15, -0.1) is 20.4 Å². The van der Waals surface area contributed by atoms with Crippen LogP contribution in [0, 0.1) is 11.8 Å². The number of aliphatic imine (C=N–C) groups is 1. The smallest absolute Gasteiger partial charge is 0.232 e. The summed E-state index contributed by atoms with van der Waals surface area (Å²) in [5.74, 6) is 0.846. The molecule has 1 saturated carbocycles. The zero-order valence-corrected chi connectivity index (χ0v) is 21.2. The van der Waals surface area contributed by atoms with E-state index >= 15 is 0 Å². The van der Waals surface area contributed by atoms with E-state index in [1.807, 2.05) is 30.4 Å². The van der Waals surface area contributed by atoms with E-state index in [1.165, 1.54) is 22.7 Å². The van der Waals surface area contributed by atoms with E-state index < -0.39 is 0 Å². The van der Waals surface area contributed by atoms with Crippen LogP contribution in [0.15, 0.2) is 41.5 Å². The molecular weight excluding hydrogens is 496 g/mol. The van der Waals surface area contributed by atoms with Crippen molar-refractivity contribution in [1.29, 1.82) is 0 Å². The molecule has 2 aliphatic rings. The fourth-order valence-corrected chi connectivity index (χ4v) is 6.04. The number of anilines is 2. The minimum absolute atomic E-state index is 0.115. The Kier molecular flexibility index (Phi) is 7.82. The van der Waals surface area contributed by atoms with Gasteiger partial charge in [0.25, 0.3) is 0 Å². The van der Waals surface area contributed by atoms with Crippen LogP contribution in [-0.2, 0) is 28.9 Å². The van der Waals surface area contributed by atoms with Crippen LogP contribution in [-0.4, -0.2) is 49.4 Å². The zero-order chi connectivity index (χ0) is 24.7. The number of carbonyl (C=O) groups is 2. The van der Waals surface area contributed by atoms with E-state index in [0.29, 0.717) is 22.1 Å². The Morgan fingerprint density at radius 2 is 1.56 bits per heavy atom. The molecule has 36 heavy (non-hydrogen) atoms. The van der Waals surface area contributed by atoms with Crippen molar-refractivity contribution in [2.75, 3.05) is 17.2 Å². The molecule has 12 heteroatoms. The van der Waals surface area contributed by atoms with Crippen molar-refractivity contribution in [3.8, 4) is 0 Å². The lowest BCUT2D eigenvalue weighted by Crippen LogP contribution is -2.27. The molecule has 5 rings (SSSR count). The molecule has 2 amide bonds. The summed E-state index contributed by atoms with van der Waals surface area (Å²) in [6.07, 6.45) is 10.9. The van der Waals surface area contributed by atoms with Crippen molar-refractivity contribution in [2.45, 2.75) is 44.9 Å². The predicted molar refractivity (Wildman–Crippen MR) is 139 cm³/mol. The Morgan fingerprint density at radius 3 is 2.14 bits per heavy atom. The second-order valence-corrected chi connectivity index (χ2v) is 11.1. The molecule has 10 nitrogen and oxygen atoms in total. The van der Waals surface area contributed by atoms with Crippen LogP contribution in [0.4, 0.5) is 10.3 Å². The summed E-state index contributed by atoms with van der Waals surface area (Å²) >= 11 is 2.87. The predicted octanol–water partition coefficient (Wildman–Crippen LogP) is 3.51. The number of hydrogen-bond donors (Lipinski definition) is 2. The highest BCUT2D eigenvalue weighted by Gasteiger charge is 2.31. The lowest BCUT2D eigenvalue weighted by atomic mass is 9.72. The van der Waals surface area contributed by atoms with Crippen LogP contribution < -0.4 is 10.6 Å². The van der Waals surface area contributed by atoms with Crippen molar-refractivity contribution in [3.63, 3.8) is 0 Å². The monoisotopic (exact) mass is 522 g/mol. The molecule has 1 aliphatic heterocycles. The fourth-order valence-electron chi connectivity index (χ4n) is 4.30. The number of pyridine rings is 1. The summed E-state index contributed by atoms with van der Waals surface area (Å²) < 4.78 is 0. The first kappa shape index (κ1) is 24.3. The van der Waals surface area contributed by atoms with Crippen LogP contribution in [0.25, 0.3) is 0 Å². The number of aromatic nitrogens is 5. The van der Waals surface area contributed by atoms with Crippen molar-refractivity contribution in [2.24, 2.45) is 16.8 Å². The van der Waals surface area contributed by atoms with Crippen molar-refractivity contribution >= 4 is 50.5 Å². The summed E-state index contributed by atoms with van der Waals surface area (Å²) in [7, 11) is 0. The molecule has 0 unspecified atom stereocenters. The number of dihydropyridines is 1. The highest BCUT2D eigenvalue weighted by Crippen LogP contribution is 2.39. The Bertz CT molecular complexity index is 1260. The lowest BCUT2D eigenvalue weighted by molar-refractivity contribution is -0.116. The van der Waals surface area contributed by atoms with E-state index in [0.717, 1.165) is 60.1 Å². The third-order valence-electron chi connectivity index (χ3n) is 6.02.